The molecule has 5 heteroatoms. The van der Waals surface area contributed by atoms with Gasteiger partial charge in [0.05, 0.1) is 7.11 Å². The number of likely N-dealkylation sites (tertiary alicyclic amines) is 1. The van der Waals surface area contributed by atoms with Crippen molar-refractivity contribution in [2.75, 3.05) is 20.2 Å². The number of rotatable bonds is 5. The Morgan fingerprint density at radius 1 is 1.35 bits per heavy atom. The lowest BCUT2D eigenvalue weighted by molar-refractivity contribution is 0.0492. The summed E-state index contributed by atoms with van der Waals surface area (Å²) in [4.78, 5) is 6.72. The molecule has 1 saturated heterocycles. The molecular weight excluding hydrogens is 290 g/mol. The topological polar surface area (TPSA) is 50.5 Å². The smallest absolute Gasteiger partial charge is 0.137 e. The minimum absolute atomic E-state index is 0.289. The number of imidazole rings is 1. The van der Waals surface area contributed by atoms with Crippen molar-refractivity contribution >= 4 is 0 Å². The second-order valence-corrected chi connectivity index (χ2v) is 6.31. The van der Waals surface area contributed by atoms with Crippen LogP contribution in [0.1, 0.15) is 30.3 Å². The van der Waals surface area contributed by atoms with E-state index in [0.29, 0.717) is 0 Å². The molecule has 1 aliphatic rings. The fourth-order valence-corrected chi connectivity index (χ4v) is 3.33. The zero-order chi connectivity index (χ0) is 16.2. The van der Waals surface area contributed by atoms with Crippen LogP contribution in [-0.2, 0) is 13.6 Å². The van der Waals surface area contributed by atoms with Gasteiger partial charge < -0.3 is 14.4 Å². The van der Waals surface area contributed by atoms with Crippen molar-refractivity contribution in [2.45, 2.75) is 25.5 Å². The molecule has 2 aromatic rings. The maximum absolute atomic E-state index is 10.5. The van der Waals surface area contributed by atoms with Gasteiger partial charge in [0.15, 0.2) is 0 Å². The Labute approximate surface area is 137 Å². The van der Waals surface area contributed by atoms with Crippen LogP contribution in [0.4, 0.5) is 0 Å². The minimum atomic E-state index is -0.464. The van der Waals surface area contributed by atoms with Crippen molar-refractivity contribution in [2.24, 2.45) is 13.0 Å². The molecule has 0 aliphatic carbocycles. The Bertz CT molecular complexity index is 633. The quantitative estimate of drug-likeness (QED) is 0.920. The van der Waals surface area contributed by atoms with Crippen molar-refractivity contribution in [3.05, 3.63) is 48.0 Å². The van der Waals surface area contributed by atoms with Gasteiger partial charge in [-0.25, -0.2) is 4.98 Å². The molecule has 3 rings (SSSR count). The highest BCUT2D eigenvalue weighted by molar-refractivity contribution is 5.28. The monoisotopic (exact) mass is 315 g/mol. The number of benzene rings is 1. The van der Waals surface area contributed by atoms with E-state index in [1.54, 1.807) is 13.3 Å². The van der Waals surface area contributed by atoms with E-state index < -0.39 is 6.10 Å². The van der Waals surface area contributed by atoms with E-state index in [-0.39, 0.29) is 5.92 Å². The summed E-state index contributed by atoms with van der Waals surface area (Å²) >= 11 is 0. The molecule has 124 valence electrons. The largest absolute Gasteiger partial charge is 0.497 e. The average molecular weight is 315 g/mol. The maximum Gasteiger partial charge on any atom is 0.137 e. The zero-order valence-corrected chi connectivity index (χ0v) is 13.9. The van der Waals surface area contributed by atoms with E-state index >= 15 is 0 Å². The lowest BCUT2D eigenvalue weighted by atomic mass is 9.90. The number of ether oxygens (including phenoxy) is 1. The van der Waals surface area contributed by atoms with E-state index in [2.05, 4.69) is 22.0 Å². The molecule has 1 atom stereocenters. The molecule has 5 nitrogen and oxygen atoms in total. The zero-order valence-electron chi connectivity index (χ0n) is 13.9. The first-order chi connectivity index (χ1) is 11.2. The first kappa shape index (κ1) is 16.0. The molecule has 0 bridgehead atoms. The number of hydrogen-bond acceptors (Lipinski definition) is 4. The summed E-state index contributed by atoms with van der Waals surface area (Å²) in [6, 6.07) is 8.23. The Kier molecular flexibility index (Phi) is 4.98. The van der Waals surface area contributed by atoms with Crippen molar-refractivity contribution in [1.29, 1.82) is 0 Å². The summed E-state index contributed by atoms with van der Waals surface area (Å²) in [5.74, 6) is 1.97. The summed E-state index contributed by atoms with van der Waals surface area (Å²) in [5, 5.41) is 10.5. The number of methoxy groups -OCH3 is 1. The number of aliphatic hydroxyl groups excluding tert-OH is 1. The molecule has 0 radical (unpaired) electrons. The average Bonchev–Trinajstić information content (AvgIpc) is 3.01. The third kappa shape index (κ3) is 3.74. The predicted molar refractivity (Wildman–Crippen MR) is 89.2 cm³/mol. The van der Waals surface area contributed by atoms with Crippen LogP contribution >= 0.6 is 0 Å². The standard InChI is InChI=1S/C18H25N3O2/c1-20-11-8-19-18(20)17(22)15-6-9-21(10-7-15)13-14-4-3-5-16(12-14)23-2/h3-5,8,11-12,15,17,22H,6-7,9-10,13H2,1-2H3. The van der Waals surface area contributed by atoms with Crippen LogP contribution in [0.5, 0.6) is 5.75 Å². The van der Waals surface area contributed by atoms with Crippen LogP contribution in [0.2, 0.25) is 0 Å². The van der Waals surface area contributed by atoms with Crippen LogP contribution in [0, 0.1) is 5.92 Å². The van der Waals surface area contributed by atoms with Gasteiger partial charge in [0.2, 0.25) is 0 Å². The fraction of sp³-hybridized carbons (Fsp3) is 0.500. The van der Waals surface area contributed by atoms with Crippen LogP contribution in [0.3, 0.4) is 0 Å². The fourth-order valence-electron chi connectivity index (χ4n) is 3.33. The summed E-state index contributed by atoms with van der Waals surface area (Å²) in [5.41, 5.74) is 1.27. The Morgan fingerprint density at radius 3 is 2.78 bits per heavy atom. The third-order valence-corrected chi connectivity index (χ3v) is 4.74. The molecule has 0 amide bonds. The van der Waals surface area contributed by atoms with Gasteiger partial charge in [-0.2, -0.15) is 0 Å². The van der Waals surface area contributed by atoms with E-state index in [1.165, 1.54) is 5.56 Å². The van der Waals surface area contributed by atoms with Gasteiger partial charge in [0.25, 0.3) is 0 Å². The molecule has 0 saturated carbocycles. The normalized spacial score (nSPS) is 18.0. The summed E-state index contributed by atoms with van der Waals surface area (Å²) in [6.07, 6.45) is 5.16. The van der Waals surface area contributed by atoms with Gasteiger partial charge in [-0.15, -0.1) is 0 Å². The Balaban J connectivity index is 1.55. The Morgan fingerprint density at radius 2 is 2.13 bits per heavy atom. The number of aromatic nitrogens is 2. The Hall–Kier alpha value is -1.85. The predicted octanol–water partition coefficient (Wildman–Crippen LogP) is 2.37. The van der Waals surface area contributed by atoms with Crippen LogP contribution in [-0.4, -0.2) is 39.8 Å². The molecule has 1 aromatic heterocycles. The first-order valence-corrected chi connectivity index (χ1v) is 8.18. The van der Waals surface area contributed by atoms with Gasteiger partial charge in [-0.3, -0.25) is 4.90 Å². The van der Waals surface area contributed by atoms with Crippen molar-refractivity contribution in [3.8, 4) is 5.75 Å². The van der Waals surface area contributed by atoms with Gasteiger partial charge in [0, 0.05) is 26.0 Å². The molecule has 1 aromatic carbocycles. The summed E-state index contributed by atoms with van der Waals surface area (Å²) < 4.78 is 7.19. The molecule has 23 heavy (non-hydrogen) atoms. The van der Waals surface area contributed by atoms with Gasteiger partial charge in [-0.1, -0.05) is 12.1 Å². The summed E-state index contributed by atoms with van der Waals surface area (Å²) in [6.45, 7) is 2.94. The summed E-state index contributed by atoms with van der Waals surface area (Å²) in [7, 11) is 3.63. The van der Waals surface area contributed by atoms with E-state index in [9.17, 15) is 5.11 Å². The highest BCUT2D eigenvalue weighted by Crippen LogP contribution is 2.30. The molecule has 1 unspecified atom stereocenters. The third-order valence-electron chi connectivity index (χ3n) is 4.74. The highest BCUT2D eigenvalue weighted by Gasteiger charge is 2.28. The van der Waals surface area contributed by atoms with Crippen LogP contribution < -0.4 is 4.74 Å². The lowest BCUT2D eigenvalue weighted by Gasteiger charge is -2.34. The van der Waals surface area contributed by atoms with Gasteiger partial charge >= 0.3 is 0 Å². The van der Waals surface area contributed by atoms with E-state index in [0.717, 1.165) is 44.0 Å². The molecule has 1 fully saturated rings. The molecule has 1 N–H and O–H groups in total. The number of aliphatic hydroxyl groups is 1. The number of aryl methyl sites for hydroxylation is 1. The maximum atomic E-state index is 10.5. The minimum Gasteiger partial charge on any atom is -0.497 e. The van der Waals surface area contributed by atoms with Crippen LogP contribution in [0.25, 0.3) is 0 Å². The second kappa shape index (κ2) is 7.15. The number of nitrogens with zero attached hydrogens (tertiary/aromatic N) is 3. The number of hydrogen-bond donors (Lipinski definition) is 1. The lowest BCUT2D eigenvalue weighted by Crippen LogP contribution is -2.35. The van der Waals surface area contributed by atoms with Crippen molar-refractivity contribution in [3.63, 3.8) is 0 Å². The molecule has 0 spiro atoms. The van der Waals surface area contributed by atoms with Crippen molar-refractivity contribution in [1.82, 2.24) is 14.5 Å². The van der Waals surface area contributed by atoms with Crippen LogP contribution in [0.15, 0.2) is 36.7 Å². The number of piperidine rings is 1. The highest BCUT2D eigenvalue weighted by atomic mass is 16.5. The van der Waals surface area contributed by atoms with E-state index in [1.807, 2.05) is 29.9 Å². The first-order valence-electron chi connectivity index (χ1n) is 8.18. The molecular formula is C18H25N3O2. The molecule has 1 aliphatic heterocycles. The molecule has 2 heterocycles. The SMILES string of the molecule is COc1cccc(CN2CCC(C(O)c3nccn3C)CC2)c1. The van der Waals surface area contributed by atoms with Gasteiger partial charge in [0.1, 0.15) is 17.7 Å². The van der Waals surface area contributed by atoms with E-state index in [4.69, 9.17) is 4.74 Å². The van der Waals surface area contributed by atoms with Crippen molar-refractivity contribution < 1.29 is 9.84 Å². The van der Waals surface area contributed by atoms with Gasteiger partial charge in [-0.05, 0) is 49.5 Å². The second-order valence-electron chi connectivity index (χ2n) is 6.31.